The van der Waals surface area contributed by atoms with Crippen LogP contribution in [0.2, 0.25) is 0 Å². The van der Waals surface area contributed by atoms with Crippen LogP contribution in [0.3, 0.4) is 0 Å². The van der Waals surface area contributed by atoms with Crippen LogP contribution >= 0.6 is 0 Å². The lowest BCUT2D eigenvalue weighted by Crippen LogP contribution is -2.46. The van der Waals surface area contributed by atoms with Gasteiger partial charge < -0.3 is 24.8 Å². The van der Waals surface area contributed by atoms with E-state index in [0.29, 0.717) is 32.8 Å². The van der Waals surface area contributed by atoms with Gasteiger partial charge in [-0.25, -0.2) is 0 Å². The molecule has 0 spiro atoms. The maximum atomic E-state index is 11.6. The number of amides is 2. The Labute approximate surface area is 208 Å². The Morgan fingerprint density at radius 1 is 0.882 bits per heavy atom. The molecule has 0 fully saturated rings. The largest absolute Gasteiger partial charge is 0.380 e. The summed E-state index contributed by atoms with van der Waals surface area (Å²) in [7, 11) is 0. The van der Waals surface area contributed by atoms with E-state index < -0.39 is 0 Å². The van der Waals surface area contributed by atoms with Gasteiger partial charge in [-0.3, -0.25) is 9.59 Å². The highest BCUT2D eigenvalue weighted by atomic mass is 16.5. The normalized spacial score (nSPS) is 13.8. The first-order valence-electron chi connectivity index (χ1n) is 12.2. The molecule has 0 aromatic carbocycles. The minimum absolute atomic E-state index is 0.00668. The molecular formula is C27H50N2O5. The molecule has 0 aromatic rings. The zero-order valence-electron chi connectivity index (χ0n) is 23.1. The van der Waals surface area contributed by atoms with Crippen molar-refractivity contribution < 1.29 is 23.8 Å². The van der Waals surface area contributed by atoms with Crippen LogP contribution in [-0.4, -0.2) is 61.0 Å². The van der Waals surface area contributed by atoms with Crippen LogP contribution < -0.4 is 10.6 Å². The highest BCUT2D eigenvalue weighted by Crippen LogP contribution is 2.38. The predicted molar refractivity (Wildman–Crippen MR) is 139 cm³/mol. The zero-order valence-corrected chi connectivity index (χ0v) is 23.1. The smallest absolute Gasteiger partial charge is 0.243 e. The summed E-state index contributed by atoms with van der Waals surface area (Å²) >= 11 is 0. The minimum Gasteiger partial charge on any atom is -0.380 e. The molecule has 0 saturated carbocycles. The molecule has 0 radical (unpaired) electrons. The molecule has 0 heterocycles. The number of rotatable bonds is 18. The lowest BCUT2D eigenvalue weighted by molar-refractivity contribution is -0.157. The molecular weight excluding hydrogens is 432 g/mol. The van der Waals surface area contributed by atoms with Crippen molar-refractivity contribution in [3.8, 4) is 0 Å². The Bertz CT molecular complexity index is 668. The van der Waals surface area contributed by atoms with Crippen molar-refractivity contribution in [2.75, 3.05) is 26.4 Å². The molecule has 198 valence electrons. The molecule has 7 heteroatoms. The second-order valence-electron chi connectivity index (χ2n) is 11.3. The molecule has 0 aromatic heterocycles. The van der Waals surface area contributed by atoms with E-state index in [4.69, 9.17) is 14.2 Å². The SMILES string of the molecule is C=CC(=O)NCCOCCC(C)(C)C(C)(C)OC(C)CC(C)(C)OCCC(C)(C)NC(=O)C=C. The Morgan fingerprint density at radius 2 is 1.47 bits per heavy atom. The van der Waals surface area contributed by atoms with Gasteiger partial charge >= 0.3 is 0 Å². The molecule has 0 rings (SSSR count). The number of ether oxygens (including phenoxy) is 3. The van der Waals surface area contributed by atoms with Crippen molar-refractivity contribution in [3.05, 3.63) is 25.3 Å². The third-order valence-corrected chi connectivity index (χ3v) is 6.37. The van der Waals surface area contributed by atoms with Crippen molar-refractivity contribution >= 4 is 11.8 Å². The molecule has 2 N–H and O–H groups in total. The van der Waals surface area contributed by atoms with Crippen molar-refractivity contribution in [1.82, 2.24) is 10.6 Å². The molecule has 7 nitrogen and oxygen atoms in total. The van der Waals surface area contributed by atoms with Gasteiger partial charge in [0, 0.05) is 31.7 Å². The highest BCUT2D eigenvalue weighted by molar-refractivity contribution is 5.87. The topological polar surface area (TPSA) is 85.9 Å². The quantitative estimate of drug-likeness (QED) is 0.221. The van der Waals surface area contributed by atoms with Gasteiger partial charge in [0.25, 0.3) is 0 Å². The van der Waals surface area contributed by atoms with E-state index in [9.17, 15) is 9.59 Å². The molecule has 34 heavy (non-hydrogen) atoms. The fraction of sp³-hybridized carbons (Fsp3) is 0.778. The molecule has 0 bridgehead atoms. The van der Waals surface area contributed by atoms with Gasteiger partial charge in [-0.2, -0.15) is 0 Å². The Hall–Kier alpha value is -1.70. The van der Waals surface area contributed by atoms with Crippen molar-refractivity contribution in [3.63, 3.8) is 0 Å². The number of nitrogens with one attached hydrogen (secondary N) is 2. The Balaban J connectivity index is 4.56. The van der Waals surface area contributed by atoms with Gasteiger partial charge in [-0.15, -0.1) is 0 Å². The van der Waals surface area contributed by atoms with Crippen LogP contribution in [0.1, 0.15) is 81.6 Å². The molecule has 1 atom stereocenters. The molecule has 1 unspecified atom stereocenters. The first-order valence-corrected chi connectivity index (χ1v) is 12.2. The Kier molecular flexibility index (Phi) is 13.3. The maximum absolute atomic E-state index is 11.6. The van der Waals surface area contributed by atoms with Crippen LogP contribution in [-0.2, 0) is 23.8 Å². The van der Waals surface area contributed by atoms with Gasteiger partial charge in [-0.05, 0) is 78.9 Å². The summed E-state index contributed by atoms with van der Waals surface area (Å²) in [4.78, 5) is 22.7. The van der Waals surface area contributed by atoms with Crippen LogP contribution in [0, 0.1) is 5.41 Å². The summed E-state index contributed by atoms with van der Waals surface area (Å²) in [5.41, 5.74) is -1.23. The summed E-state index contributed by atoms with van der Waals surface area (Å²) in [6, 6.07) is 0. The molecule has 0 saturated heterocycles. The van der Waals surface area contributed by atoms with E-state index in [1.54, 1.807) is 0 Å². The summed E-state index contributed by atoms with van der Waals surface area (Å²) in [6.07, 6.45) is 4.79. The summed E-state index contributed by atoms with van der Waals surface area (Å²) in [5.74, 6) is -0.372. The van der Waals surface area contributed by atoms with Crippen molar-refractivity contribution in [2.45, 2.75) is 104 Å². The van der Waals surface area contributed by atoms with Crippen LogP contribution in [0.15, 0.2) is 25.3 Å². The van der Waals surface area contributed by atoms with E-state index in [2.05, 4.69) is 72.3 Å². The minimum atomic E-state index is -0.375. The standard InChI is InChI=1S/C27H50N2O5/c1-12-22(30)28-16-19-32-17-14-24(4,5)27(10,11)34-21(3)20-26(8,9)33-18-15-25(6,7)29-23(31)13-2/h12-13,21H,1-2,14-20H2,3-11H3,(H,28,30)(H,29,31). The van der Waals surface area contributed by atoms with Gasteiger partial charge in [-0.1, -0.05) is 27.0 Å². The first kappa shape index (κ1) is 32.3. The Morgan fingerprint density at radius 3 is 2.03 bits per heavy atom. The molecule has 2 amide bonds. The fourth-order valence-electron chi connectivity index (χ4n) is 3.53. The van der Waals surface area contributed by atoms with E-state index >= 15 is 0 Å². The number of hydrogen-bond acceptors (Lipinski definition) is 5. The van der Waals surface area contributed by atoms with Gasteiger partial charge in [0.2, 0.25) is 11.8 Å². The third kappa shape index (κ3) is 13.3. The average Bonchev–Trinajstić information content (AvgIpc) is 2.68. The lowest BCUT2D eigenvalue weighted by atomic mass is 9.74. The second kappa shape index (κ2) is 14.0. The van der Waals surface area contributed by atoms with E-state index in [-0.39, 0.29) is 40.1 Å². The molecule has 0 aliphatic rings. The second-order valence-corrected chi connectivity index (χ2v) is 11.3. The zero-order chi connectivity index (χ0) is 26.6. The van der Waals surface area contributed by atoms with Gasteiger partial charge in [0.1, 0.15) is 0 Å². The van der Waals surface area contributed by atoms with Crippen molar-refractivity contribution in [2.24, 2.45) is 5.41 Å². The maximum Gasteiger partial charge on any atom is 0.243 e. The third-order valence-electron chi connectivity index (χ3n) is 6.37. The summed E-state index contributed by atoms with van der Waals surface area (Å²) < 4.78 is 18.4. The summed E-state index contributed by atoms with van der Waals surface area (Å²) in [6.45, 7) is 27.7. The number of carbonyl (C=O) groups excluding carboxylic acids is 2. The van der Waals surface area contributed by atoms with Crippen LogP contribution in [0.4, 0.5) is 0 Å². The molecule has 0 aliphatic carbocycles. The van der Waals surface area contributed by atoms with Crippen LogP contribution in [0.25, 0.3) is 0 Å². The lowest BCUT2D eigenvalue weighted by Gasteiger charge is -2.44. The van der Waals surface area contributed by atoms with E-state index in [1.807, 2.05) is 13.8 Å². The van der Waals surface area contributed by atoms with Crippen molar-refractivity contribution in [1.29, 1.82) is 0 Å². The monoisotopic (exact) mass is 482 g/mol. The van der Waals surface area contributed by atoms with Gasteiger partial charge in [0.15, 0.2) is 0 Å². The average molecular weight is 483 g/mol. The number of hydrogen-bond donors (Lipinski definition) is 2. The first-order chi connectivity index (χ1) is 15.5. The predicted octanol–water partition coefficient (Wildman–Crippen LogP) is 4.56. The number of carbonyl (C=O) groups is 2. The van der Waals surface area contributed by atoms with Crippen LogP contribution in [0.5, 0.6) is 0 Å². The van der Waals surface area contributed by atoms with E-state index in [0.717, 1.165) is 12.8 Å². The van der Waals surface area contributed by atoms with Gasteiger partial charge in [0.05, 0.1) is 23.9 Å². The fourth-order valence-corrected chi connectivity index (χ4v) is 3.53. The highest BCUT2D eigenvalue weighted by Gasteiger charge is 2.39. The van der Waals surface area contributed by atoms with E-state index in [1.165, 1.54) is 12.2 Å². The molecule has 0 aliphatic heterocycles. The summed E-state index contributed by atoms with van der Waals surface area (Å²) in [5, 5.41) is 5.62.